The molecule has 0 saturated carbocycles. The van der Waals surface area contributed by atoms with Gasteiger partial charge >= 0.3 is 5.97 Å². The molecule has 0 saturated heterocycles. The molecule has 2 aromatic rings. The molecule has 2 rings (SSSR count). The lowest BCUT2D eigenvalue weighted by Crippen LogP contribution is -2.07. The molecule has 1 aromatic heterocycles. The van der Waals surface area contributed by atoms with Gasteiger partial charge in [-0.25, -0.2) is 4.79 Å². The summed E-state index contributed by atoms with van der Waals surface area (Å²) in [6.45, 7) is 1.98. The van der Waals surface area contributed by atoms with Crippen LogP contribution in [-0.2, 0) is 0 Å². The Balaban J connectivity index is 2.11. The van der Waals surface area contributed by atoms with Crippen molar-refractivity contribution >= 4 is 33.2 Å². The maximum Gasteiger partial charge on any atom is 0.344 e. The van der Waals surface area contributed by atoms with Crippen LogP contribution in [0.1, 0.15) is 15.9 Å². The second-order valence-electron chi connectivity index (χ2n) is 3.34. The van der Waals surface area contributed by atoms with E-state index in [4.69, 9.17) is 4.74 Å². The second kappa shape index (κ2) is 4.80. The second-order valence-corrected chi connectivity index (χ2v) is 5.13. The predicted molar refractivity (Wildman–Crippen MR) is 68.2 cm³/mol. The van der Waals surface area contributed by atoms with Crippen LogP contribution in [0.2, 0.25) is 0 Å². The molecule has 0 spiro atoms. The smallest absolute Gasteiger partial charge is 0.344 e. The highest BCUT2D eigenvalue weighted by Crippen LogP contribution is 2.27. The number of benzene rings is 1. The van der Waals surface area contributed by atoms with Crippen molar-refractivity contribution in [3.63, 3.8) is 0 Å². The zero-order valence-corrected chi connectivity index (χ0v) is 11.0. The largest absolute Gasteiger partial charge is 0.412 e. The summed E-state index contributed by atoms with van der Waals surface area (Å²) in [5.41, 5.74) is 1.69. The minimum atomic E-state index is -0.325. The van der Waals surface area contributed by atoms with Crippen LogP contribution < -0.4 is 4.74 Å². The Bertz CT molecular complexity index is 502. The van der Waals surface area contributed by atoms with E-state index in [1.165, 1.54) is 11.3 Å². The molecule has 0 bridgehead atoms. The van der Waals surface area contributed by atoms with Crippen LogP contribution in [0.5, 0.6) is 5.06 Å². The number of aryl methyl sites for hydroxylation is 1. The number of hydrogen-bond acceptors (Lipinski definition) is 3. The number of thiophene rings is 1. The molecule has 2 nitrogen and oxygen atoms in total. The number of halogens is 1. The molecular weight excluding hydrogens is 288 g/mol. The van der Waals surface area contributed by atoms with E-state index in [2.05, 4.69) is 15.9 Å². The number of hydrogen-bond donors (Lipinski definition) is 0. The SMILES string of the molecule is Cc1ccc(C(=O)Oc2cc(Br)cs2)cc1. The van der Waals surface area contributed by atoms with Gasteiger partial charge in [0, 0.05) is 15.9 Å². The highest BCUT2D eigenvalue weighted by molar-refractivity contribution is 9.10. The first-order valence-electron chi connectivity index (χ1n) is 4.68. The molecule has 0 radical (unpaired) electrons. The standard InChI is InChI=1S/C12H9BrO2S/c1-8-2-4-9(5-3-8)12(14)15-11-6-10(13)7-16-11/h2-7H,1H3. The summed E-state index contributed by atoms with van der Waals surface area (Å²) in [5, 5.41) is 2.47. The van der Waals surface area contributed by atoms with Gasteiger partial charge in [-0.3, -0.25) is 0 Å². The average Bonchev–Trinajstić information content (AvgIpc) is 2.65. The fourth-order valence-corrected chi connectivity index (χ4v) is 2.44. The van der Waals surface area contributed by atoms with Gasteiger partial charge in [-0.2, -0.15) is 0 Å². The number of carbonyl (C=O) groups excluding carboxylic acids is 1. The first kappa shape index (κ1) is 11.4. The molecule has 0 aliphatic heterocycles. The Morgan fingerprint density at radius 1 is 1.31 bits per heavy atom. The van der Waals surface area contributed by atoms with Crippen molar-refractivity contribution in [2.45, 2.75) is 6.92 Å². The third-order valence-corrected chi connectivity index (χ3v) is 3.59. The van der Waals surface area contributed by atoms with Crippen molar-refractivity contribution in [2.75, 3.05) is 0 Å². The minimum absolute atomic E-state index is 0.325. The van der Waals surface area contributed by atoms with E-state index in [1.807, 2.05) is 24.4 Å². The zero-order chi connectivity index (χ0) is 11.5. The fraction of sp³-hybridized carbons (Fsp3) is 0.0833. The van der Waals surface area contributed by atoms with E-state index in [0.717, 1.165) is 10.0 Å². The van der Waals surface area contributed by atoms with Gasteiger partial charge in [0.25, 0.3) is 0 Å². The van der Waals surface area contributed by atoms with Gasteiger partial charge in [0.05, 0.1) is 5.56 Å². The molecule has 0 N–H and O–H groups in total. The highest BCUT2D eigenvalue weighted by atomic mass is 79.9. The van der Waals surface area contributed by atoms with Crippen molar-refractivity contribution in [3.05, 3.63) is 51.3 Å². The number of ether oxygens (including phenoxy) is 1. The van der Waals surface area contributed by atoms with Gasteiger partial charge in [-0.1, -0.05) is 17.7 Å². The van der Waals surface area contributed by atoms with Gasteiger partial charge in [0.15, 0.2) is 5.06 Å². The summed E-state index contributed by atoms with van der Waals surface area (Å²) >= 11 is 4.69. The summed E-state index contributed by atoms with van der Waals surface area (Å²) in [4.78, 5) is 11.7. The van der Waals surface area contributed by atoms with Gasteiger partial charge in [0.1, 0.15) is 0 Å². The quantitative estimate of drug-likeness (QED) is 0.782. The van der Waals surface area contributed by atoms with Gasteiger partial charge < -0.3 is 4.74 Å². The third-order valence-electron chi connectivity index (χ3n) is 2.02. The lowest BCUT2D eigenvalue weighted by Gasteiger charge is -2.01. The number of carbonyl (C=O) groups is 1. The molecule has 0 atom stereocenters. The summed E-state index contributed by atoms with van der Waals surface area (Å²) in [7, 11) is 0. The summed E-state index contributed by atoms with van der Waals surface area (Å²) < 4.78 is 6.13. The zero-order valence-electron chi connectivity index (χ0n) is 8.57. The van der Waals surface area contributed by atoms with E-state index in [-0.39, 0.29) is 5.97 Å². The monoisotopic (exact) mass is 296 g/mol. The molecule has 0 aliphatic carbocycles. The lowest BCUT2D eigenvalue weighted by molar-refractivity contribution is 0.0740. The molecule has 4 heteroatoms. The average molecular weight is 297 g/mol. The summed E-state index contributed by atoms with van der Waals surface area (Å²) in [5.74, 6) is -0.325. The maximum atomic E-state index is 11.7. The van der Waals surface area contributed by atoms with Gasteiger partial charge in [-0.05, 0) is 35.0 Å². The van der Waals surface area contributed by atoms with Crippen LogP contribution in [-0.4, -0.2) is 5.97 Å². The van der Waals surface area contributed by atoms with Crippen molar-refractivity contribution in [2.24, 2.45) is 0 Å². The van der Waals surface area contributed by atoms with Crippen LogP contribution in [0.3, 0.4) is 0 Å². The van der Waals surface area contributed by atoms with Crippen LogP contribution in [0.25, 0.3) is 0 Å². The number of rotatable bonds is 2. The molecule has 0 aliphatic rings. The third kappa shape index (κ3) is 2.71. The molecule has 0 fully saturated rings. The first-order chi connectivity index (χ1) is 7.65. The molecule has 16 heavy (non-hydrogen) atoms. The van der Waals surface area contributed by atoms with Crippen LogP contribution in [0, 0.1) is 6.92 Å². The van der Waals surface area contributed by atoms with Gasteiger partial charge in [-0.15, -0.1) is 11.3 Å². The summed E-state index contributed by atoms with van der Waals surface area (Å²) in [6.07, 6.45) is 0. The molecule has 0 amide bonds. The molecule has 82 valence electrons. The highest BCUT2D eigenvalue weighted by Gasteiger charge is 2.09. The van der Waals surface area contributed by atoms with E-state index in [9.17, 15) is 4.79 Å². The predicted octanol–water partition coefficient (Wildman–Crippen LogP) is 4.04. The van der Waals surface area contributed by atoms with E-state index in [0.29, 0.717) is 10.6 Å². The Hall–Kier alpha value is -1.13. The van der Waals surface area contributed by atoms with Crippen molar-refractivity contribution in [1.29, 1.82) is 0 Å². The normalized spacial score (nSPS) is 10.1. The van der Waals surface area contributed by atoms with Gasteiger partial charge in [0.2, 0.25) is 0 Å². The minimum Gasteiger partial charge on any atom is -0.412 e. The van der Waals surface area contributed by atoms with Crippen molar-refractivity contribution in [1.82, 2.24) is 0 Å². The Morgan fingerprint density at radius 2 is 2.00 bits per heavy atom. The van der Waals surface area contributed by atoms with E-state index < -0.39 is 0 Å². The maximum absolute atomic E-state index is 11.7. The molecular formula is C12H9BrO2S. The number of esters is 1. The van der Waals surface area contributed by atoms with Crippen LogP contribution >= 0.6 is 27.3 Å². The molecule has 1 aromatic carbocycles. The topological polar surface area (TPSA) is 26.3 Å². The Kier molecular flexibility index (Phi) is 3.41. The van der Waals surface area contributed by atoms with E-state index >= 15 is 0 Å². The summed E-state index contributed by atoms with van der Waals surface area (Å²) in [6, 6.07) is 9.08. The Labute approximate surface area is 106 Å². The Morgan fingerprint density at radius 3 is 2.56 bits per heavy atom. The van der Waals surface area contributed by atoms with Crippen molar-refractivity contribution < 1.29 is 9.53 Å². The van der Waals surface area contributed by atoms with E-state index in [1.54, 1.807) is 18.2 Å². The fourth-order valence-electron chi connectivity index (χ4n) is 1.19. The van der Waals surface area contributed by atoms with Crippen LogP contribution in [0.4, 0.5) is 0 Å². The molecule has 1 heterocycles. The lowest BCUT2D eigenvalue weighted by atomic mass is 10.1. The molecule has 0 unspecified atom stereocenters. The van der Waals surface area contributed by atoms with Crippen molar-refractivity contribution in [3.8, 4) is 5.06 Å². The first-order valence-corrected chi connectivity index (χ1v) is 6.35. The van der Waals surface area contributed by atoms with Crippen LogP contribution in [0.15, 0.2) is 40.2 Å².